The predicted molar refractivity (Wildman–Crippen MR) is 136 cm³/mol. The fourth-order valence-corrected chi connectivity index (χ4v) is 6.36. The minimum absolute atomic E-state index is 0.00457. The Morgan fingerprint density at radius 1 is 1.20 bits per heavy atom. The summed E-state index contributed by atoms with van der Waals surface area (Å²) in [7, 11) is 0. The van der Waals surface area contributed by atoms with Crippen molar-refractivity contribution >= 4 is 28.9 Å². The van der Waals surface area contributed by atoms with Crippen molar-refractivity contribution in [3.05, 3.63) is 27.5 Å². The van der Waals surface area contributed by atoms with Crippen molar-refractivity contribution in [2.24, 2.45) is 5.92 Å². The van der Waals surface area contributed by atoms with E-state index in [0.29, 0.717) is 51.0 Å². The van der Waals surface area contributed by atoms with Gasteiger partial charge in [0.15, 0.2) is 5.79 Å². The Bertz CT molecular complexity index is 963. The van der Waals surface area contributed by atoms with E-state index >= 15 is 0 Å². The standard InChI is InChI=1S/C27H39NO6S/c1-17-5-7-18(8-6-17)24(29)28(21-15-22(26(2,3)4)35-23(21)25(30)31)19-9-12-27(32,13-10-19)34-20-11-14-33-16-20/h5,15,18-20,32H,6-14,16H2,1-4H3,(H,30,31)/t18-,19-,20+,27-/m0/s1. The Labute approximate surface area is 212 Å². The number of amides is 1. The van der Waals surface area contributed by atoms with Gasteiger partial charge in [-0.3, -0.25) is 4.79 Å². The second-order valence-corrected chi connectivity index (χ2v) is 12.4. The molecule has 2 atom stereocenters. The number of ether oxygens (including phenoxy) is 2. The second kappa shape index (κ2) is 10.3. The summed E-state index contributed by atoms with van der Waals surface area (Å²) < 4.78 is 11.4. The average Bonchev–Trinajstić information content (AvgIpc) is 3.46. The van der Waals surface area contributed by atoms with Crippen LogP contribution >= 0.6 is 11.3 Å². The van der Waals surface area contributed by atoms with E-state index in [1.165, 1.54) is 16.9 Å². The Balaban J connectivity index is 1.62. The maximum absolute atomic E-state index is 14.0. The van der Waals surface area contributed by atoms with Crippen molar-refractivity contribution in [1.29, 1.82) is 0 Å². The van der Waals surface area contributed by atoms with Crippen LogP contribution in [-0.2, 0) is 19.7 Å². The first kappa shape index (κ1) is 26.3. The molecule has 4 rings (SSSR count). The summed E-state index contributed by atoms with van der Waals surface area (Å²) in [4.78, 5) is 29.2. The number of carboxylic acids is 1. The molecule has 0 spiro atoms. The molecule has 1 saturated heterocycles. The maximum Gasteiger partial charge on any atom is 0.348 e. The first-order valence-corrected chi connectivity index (χ1v) is 13.6. The van der Waals surface area contributed by atoms with Gasteiger partial charge in [-0.25, -0.2) is 4.79 Å². The zero-order valence-electron chi connectivity index (χ0n) is 21.3. The number of anilines is 1. The molecule has 3 aliphatic rings. The highest BCUT2D eigenvalue weighted by Gasteiger charge is 2.42. The lowest BCUT2D eigenvalue weighted by Gasteiger charge is -2.42. The van der Waals surface area contributed by atoms with Crippen molar-refractivity contribution in [1.82, 2.24) is 0 Å². The van der Waals surface area contributed by atoms with Gasteiger partial charge in [0.05, 0.1) is 18.4 Å². The first-order chi connectivity index (χ1) is 16.5. The van der Waals surface area contributed by atoms with Crippen LogP contribution in [0.3, 0.4) is 0 Å². The van der Waals surface area contributed by atoms with Crippen molar-refractivity contribution in [2.75, 3.05) is 18.1 Å². The smallest absolute Gasteiger partial charge is 0.348 e. The zero-order chi connectivity index (χ0) is 25.4. The fraction of sp³-hybridized carbons (Fsp3) is 0.704. The van der Waals surface area contributed by atoms with Gasteiger partial charge in [-0.05, 0) is 56.9 Å². The molecule has 8 heteroatoms. The SMILES string of the molecule is CC1=CC[C@H](C(=O)N(c2cc(C(C)(C)C)sc2C(=O)O)[C@H]2CC[C@](O)(O[C@@H]3CCOC3)CC2)CC1. The van der Waals surface area contributed by atoms with E-state index in [0.717, 1.165) is 24.1 Å². The number of carbonyl (C=O) groups is 2. The molecule has 1 aromatic heterocycles. The molecule has 2 heterocycles. The highest BCUT2D eigenvalue weighted by molar-refractivity contribution is 7.14. The van der Waals surface area contributed by atoms with Gasteiger partial charge in [0.1, 0.15) is 4.88 Å². The van der Waals surface area contributed by atoms with Gasteiger partial charge < -0.3 is 24.6 Å². The molecular weight excluding hydrogens is 466 g/mol. The van der Waals surface area contributed by atoms with Crippen LogP contribution in [0.4, 0.5) is 5.69 Å². The first-order valence-electron chi connectivity index (χ1n) is 12.8. The molecule has 2 fully saturated rings. The molecule has 2 N–H and O–H groups in total. The molecule has 1 aliphatic heterocycles. The van der Waals surface area contributed by atoms with Crippen LogP contribution in [0.5, 0.6) is 0 Å². The number of hydrogen-bond acceptors (Lipinski definition) is 6. The third kappa shape index (κ3) is 5.98. The number of nitrogens with zero attached hydrogens (tertiary/aromatic N) is 1. The second-order valence-electron chi connectivity index (χ2n) is 11.4. The van der Waals surface area contributed by atoms with Gasteiger partial charge in [0, 0.05) is 36.3 Å². The van der Waals surface area contributed by atoms with Gasteiger partial charge in [-0.1, -0.05) is 32.4 Å². The van der Waals surface area contributed by atoms with E-state index in [2.05, 4.69) is 33.8 Å². The normalized spacial score (nSPS) is 29.6. The van der Waals surface area contributed by atoms with E-state index in [9.17, 15) is 19.8 Å². The number of aromatic carboxylic acids is 1. The Hall–Kier alpha value is -1.74. The topological polar surface area (TPSA) is 96.3 Å². The van der Waals surface area contributed by atoms with Crippen molar-refractivity contribution in [2.45, 2.75) is 102 Å². The predicted octanol–water partition coefficient (Wildman–Crippen LogP) is 5.26. The van der Waals surface area contributed by atoms with Crippen LogP contribution in [0.2, 0.25) is 0 Å². The number of thiophene rings is 1. The number of hydrogen-bond donors (Lipinski definition) is 2. The average molecular weight is 506 g/mol. The molecule has 194 valence electrons. The summed E-state index contributed by atoms with van der Waals surface area (Å²) in [5, 5.41) is 21.1. The van der Waals surface area contributed by atoms with Crippen LogP contribution in [0.15, 0.2) is 17.7 Å². The monoisotopic (exact) mass is 505 g/mol. The summed E-state index contributed by atoms with van der Waals surface area (Å²) in [5.41, 5.74) is 1.58. The van der Waals surface area contributed by atoms with E-state index in [1.54, 1.807) is 4.90 Å². The molecule has 1 saturated carbocycles. The van der Waals surface area contributed by atoms with Gasteiger partial charge in [-0.15, -0.1) is 11.3 Å². The van der Waals surface area contributed by atoms with Gasteiger partial charge in [-0.2, -0.15) is 0 Å². The summed E-state index contributed by atoms with van der Waals surface area (Å²) in [6, 6.07) is 1.72. The van der Waals surface area contributed by atoms with E-state index in [4.69, 9.17) is 9.47 Å². The van der Waals surface area contributed by atoms with Gasteiger partial charge in [0.25, 0.3) is 0 Å². The molecule has 0 bridgehead atoms. The van der Waals surface area contributed by atoms with E-state index in [-0.39, 0.29) is 34.3 Å². The minimum Gasteiger partial charge on any atom is -0.477 e. The number of carbonyl (C=O) groups excluding carboxylic acids is 1. The summed E-state index contributed by atoms with van der Waals surface area (Å²) in [5.74, 6) is -2.40. The molecule has 7 nitrogen and oxygen atoms in total. The van der Waals surface area contributed by atoms with Crippen LogP contribution < -0.4 is 4.90 Å². The summed E-state index contributed by atoms with van der Waals surface area (Å²) >= 11 is 1.26. The lowest BCUT2D eigenvalue weighted by molar-refractivity contribution is -0.245. The van der Waals surface area contributed by atoms with Crippen LogP contribution in [0, 0.1) is 5.92 Å². The zero-order valence-corrected chi connectivity index (χ0v) is 22.2. The molecule has 0 unspecified atom stereocenters. The molecule has 0 aromatic carbocycles. The third-order valence-electron chi connectivity index (χ3n) is 7.51. The van der Waals surface area contributed by atoms with E-state index < -0.39 is 11.8 Å². The Morgan fingerprint density at radius 2 is 1.91 bits per heavy atom. The fourth-order valence-electron chi connectivity index (χ4n) is 5.31. The molecular formula is C27H39NO6S. The lowest BCUT2D eigenvalue weighted by atomic mass is 9.85. The summed E-state index contributed by atoms with van der Waals surface area (Å²) in [6.07, 6.45) is 7.06. The highest BCUT2D eigenvalue weighted by atomic mass is 32.1. The molecule has 1 amide bonds. The van der Waals surface area contributed by atoms with Crippen molar-refractivity contribution < 1.29 is 29.3 Å². The minimum atomic E-state index is -1.23. The Morgan fingerprint density at radius 3 is 2.46 bits per heavy atom. The van der Waals surface area contributed by atoms with Crippen LogP contribution in [0.25, 0.3) is 0 Å². The number of rotatable bonds is 6. The molecule has 35 heavy (non-hydrogen) atoms. The number of aliphatic hydroxyl groups is 1. The number of allylic oxidation sites excluding steroid dienone is 2. The molecule has 0 radical (unpaired) electrons. The van der Waals surface area contributed by atoms with Crippen LogP contribution in [-0.4, -0.2) is 53.2 Å². The van der Waals surface area contributed by atoms with Gasteiger partial charge >= 0.3 is 5.97 Å². The third-order valence-corrected chi connectivity index (χ3v) is 9.04. The largest absolute Gasteiger partial charge is 0.477 e. The van der Waals surface area contributed by atoms with E-state index in [1.807, 2.05) is 6.07 Å². The maximum atomic E-state index is 14.0. The molecule has 2 aliphatic carbocycles. The quantitative estimate of drug-likeness (QED) is 0.404. The molecule has 1 aromatic rings. The van der Waals surface area contributed by atoms with Crippen molar-refractivity contribution in [3.8, 4) is 0 Å². The Kier molecular flexibility index (Phi) is 7.77. The van der Waals surface area contributed by atoms with Crippen LogP contribution in [0.1, 0.15) is 93.6 Å². The summed E-state index contributed by atoms with van der Waals surface area (Å²) in [6.45, 7) is 9.40. The number of carboxylic acid groups (broad SMARTS) is 1. The lowest BCUT2D eigenvalue weighted by Crippen LogP contribution is -2.50. The highest BCUT2D eigenvalue weighted by Crippen LogP contribution is 2.43. The van der Waals surface area contributed by atoms with Gasteiger partial charge in [0.2, 0.25) is 5.91 Å². The van der Waals surface area contributed by atoms with Crippen molar-refractivity contribution in [3.63, 3.8) is 0 Å².